The van der Waals surface area contributed by atoms with Crippen molar-refractivity contribution in [3.8, 4) is 0 Å². The van der Waals surface area contributed by atoms with E-state index in [0.717, 1.165) is 18.7 Å². The molecule has 0 radical (unpaired) electrons. The number of carboxylic acid groups (broad SMARTS) is 1. The number of hydrogen-bond acceptors (Lipinski definition) is 2. The van der Waals surface area contributed by atoms with E-state index in [4.69, 9.17) is 16.7 Å². The van der Waals surface area contributed by atoms with Gasteiger partial charge in [0.15, 0.2) is 5.15 Å². The predicted octanol–water partition coefficient (Wildman–Crippen LogP) is 1.64. The van der Waals surface area contributed by atoms with Crippen molar-refractivity contribution in [1.29, 1.82) is 0 Å². The van der Waals surface area contributed by atoms with Gasteiger partial charge in [-0.05, 0) is 6.42 Å². The van der Waals surface area contributed by atoms with E-state index in [1.54, 1.807) is 0 Å². The molecule has 0 bridgehead atoms. The first kappa shape index (κ1) is 10.1. The maximum atomic E-state index is 10.4. The van der Waals surface area contributed by atoms with Crippen LogP contribution in [0.4, 0.5) is 0 Å². The van der Waals surface area contributed by atoms with Gasteiger partial charge < -0.3 is 10.1 Å². The molecule has 1 aromatic heterocycles. The summed E-state index contributed by atoms with van der Waals surface area (Å²) in [6.07, 6.45) is 1.64. The number of imidazole rings is 1. The minimum absolute atomic E-state index is 0.102. The lowest BCUT2D eigenvalue weighted by Gasteiger charge is -1.91. The first-order valence-electron chi connectivity index (χ1n) is 4.08. The quantitative estimate of drug-likeness (QED) is 0.780. The smallest absolute Gasteiger partial charge is 0.309 e. The summed E-state index contributed by atoms with van der Waals surface area (Å²) < 4.78 is 0. The average molecular weight is 203 g/mol. The molecule has 0 spiro atoms. The summed E-state index contributed by atoms with van der Waals surface area (Å²) in [7, 11) is 0. The summed E-state index contributed by atoms with van der Waals surface area (Å²) in [5.74, 6) is -0.155. The third kappa shape index (κ3) is 2.73. The van der Waals surface area contributed by atoms with Crippen LogP contribution in [0, 0.1) is 0 Å². The van der Waals surface area contributed by atoms with Gasteiger partial charge >= 0.3 is 5.97 Å². The lowest BCUT2D eigenvalue weighted by Crippen LogP contribution is -2.00. The summed E-state index contributed by atoms with van der Waals surface area (Å²) >= 11 is 5.72. The number of aryl methyl sites for hydroxylation is 1. The predicted molar refractivity (Wildman–Crippen MR) is 48.9 cm³/mol. The van der Waals surface area contributed by atoms with Gasteiger partial charge in [0.2, 0.25) is 0 Å². The Morgan fingerprint density at radius 3 is 2.92 bits per heavy atom. The van der Waals surface area contributed by atoms with Crippen molar-refractivity contribution < 1.29 is 9.90 Å². The minimum atomic E-state index is -0.909. The highest BCUT2D eigenvalue weighted by Gasteiger charge is 2.10. The third-order valence-electron chi connectivity index (χ3n) is 1.59. The zero-order valence-corrected chi connectivity index (χ0v) is 8.06. The van der Waals surface area contributed by atoms with Crippen LogP contribution < -0.4 is 0 Å². The number of halogens is 1. The standard InChI is InChI=1S/C8H11ClN2O2/c1-2-3-6-10-5(4-7(12)13)8(9)11-6/h2-4H2,1H3,(H,10,11)(H,12,13). The van der Waals surface area contributed by atoms with Crippen LogP contribution in [0.25, 0.3) is 0 Å². The number of rotatable bonds is 4. The Balaban J connectivity index is 2.77. The number of H-pyrrole nitrogens is 1. The van der Waals surface area contributed by atoms with Gasteiger partial charge in [-0.25, -0.2) is 4.98 Å². The number of carbonyl (C=O) groups is 1. The van der Waals surface area contributed by atoms with Crippen molar-refractivity contribution in [3.63, 3.8) is 0 Å². The number of aromatic amines is 1. The Bertz CT molecular complexity index is 309. The molecule has 0 aliphatic carbocycles. The first-order chi connectivity index (χ1) is 6.13. The van der Waals surface area contributed by atoms with Gasteiger partial charge in [-0.15, -0.1) is 0 Å². The molecule has 4 nitrogen and oxygen atoms in total. The summed E-state index contributed by atoms with van der Waals surface area (Å²) in [6.45, 7) is 2.02. The normalized spacial score (nSPS) is 10.3. The average Bonchev–Trinajstić information content (AvgIpc) is 2.31. The molecule has 1 aromatic rings. The van der Waals surface area contributed by atoms with Gasteiger partial charge in [0.05, 0.1) is 12.1 Å². The Morgan fingerprint density at radius 2 is 2.38 bits per heavy atom. The topological polar surface area (TPSA) is 66.0 Å². The lowest BCUT2D eigenvalue weighted by atomic mass is 10.3. The van der Waals surface area contributed by atoms with Gasteiger partial charge in [0.25, 0.3) is 0 Å². The number of nitrogens with one attached hydrogen (secondary N) is 1. The van der Waals surface area contributed by atoms with Gasteiger partial charge in [-0.1, -0.05) is 18.5 Å². The van der Waals surface area contributed by atoms with Crippen LogP contribution in [-0.4, -0.2) is 21.0 Å². The fraction of sp³-hybridized carbons (Fsp3) is 0.500. The van der Waals surface area contributed by atoms with Gasteiger partial charge in [0, 0.05) is 6.42 Å². The fourth-order valence-corrected chi connectivity index (χ4v) is 1.28. The molecule has 1 rings (SSSR count). The largest absolute Gasteiger partial charge is 0.481 e. The van der Waals surface area contributed by atoms with E-state index < -0.39 is 5.97 Å². The van der Waals surface area contributed by atoms with E-state index in [2.05, 4.69) is 9.97 Å². The molecular weight excluding hydrogens is 192 g/mol. The summed E-state index contributed by atoms with van der Waals surface area (Å²) in [4.78, 5) is 17.3. The molecular formula is C8H11ClN2O2. The van der Waals surface area contributed by atoms with Crippen LogP contribution in [0.2, 0.25) is 5.15 Å². The van der Waals surface area contributed by atoms with Crippen molar-refractivity contribution in [2.75, 3.05) is 0 Å². The van der Waals surface area contributed by atoms with Crippen LogP contribution in [0.15, 0.2) is 0 Å². The molecule has 5 heteroatoms. The summed E-state index contributed by atoms with van der Waals surface area (Å²) in [5, 5.41) is 8.79. The van der Waals surface area contributed by atoms with Crippen LogP contribution in [0.5, 0.6) is 0 Å². The number of aromatic nitrogens is 2. The molecule has 72 valence electrons. The van der Waals surface area contributed by atoms with E-state index in [-0.39, 0.29) is 11.6 Å². The molecule has 0 atom stereocenters. The van der Waals surface area contributed by atoms with E-state index in [1.165, 1.54) is 0 Å². The summed E-state index contributed by atoms with van der Waals surface area (Å²) in [6, 6.07) is 0. The molecule has 1 heterocycles. The Hall–Kier alpha value is -1.03. The molecule has 0 aliphatic rings. The number of aliphatic carboxylic acids is 1. The fourth-order valence-electron chi connectivity index (χ4n) is 1.06. The zero-order chi connectivity index (χ0) is 9.84. The third-order valence-corrected chi connectivity index (χ3v) is 1.90. The highest BCUT2D eigenvalue weighted by Crippen LogP contribution is 2.14. The van der Waals surface area contributed by atoms with E-state index in [1.807, 2.05) is 6.92 Å². The monoisotopic (exact) mass is 202 g/mol. The Labute approximate surface area is 80.9 Å². The van der Waals surface area contributed by atoms with Crippen molar-refractivity contribution >= 4 is 17.6 Å². The van der Waals surface area contributed by atoms with Crippen LogP contribution in [0.1, 0.15) is 24.9 Å². The molecule has 0 saturated heterocycles. The van der Waals surface area contributed by atoms with Crippen LogP contribution in [-0.2, 0) is 17.6 Å². The maximum Gasteiger partial charge on any atom is 0.309 e. The highest BCUT2D eigenvalue weighted by atomic mass is 35.5. The summed E-state index contributed by atoms with van der Waals surface area (Å²) in [5.41, 5.74) is 0.484. The SMILES string of the molecule is CCCc1nc(Cl)c(CC(=O)O)[nH]1. The molecule has 2 N–H and O–H groups in total. The van der Waals surface area contributed by atoms with Crippen molar-refractivity contribution in [2.45, 2.75) is 26.2 Å². The van der Waals surface area contributed by atoms with Crippen molar-refractivity contribution in [1.82, 2.24) is 9.97 Å². The second kappa shape index (κ2) is 4.28. The van der Waals surface area contributed by atoms with Crippen molar-refractivity contribution in [2.24, 2.45) is 0 Å². The van der Waals surface area contributed by atoms with E-state index in [0.29, 0.717) is 5.69 Å². The van der Waals surface area contributed by atoms with E-state index in [9.17, 15) is 4.79 Å². The Kier molecular flexibility index (Phi) is 3.31. The lowest BCUT2D eigenvalue weighted by molar-refractivity contribution is -0.136. The second-order valence-corrected chi connectivity index (χ2v) is 3.13. The number of hydrogen-bond donors (Lipinski definition) is 2. The van der Waals surface area contributed by atoms with Gasteiger partial charge in [-0.2, -0.15) is 0 Å². The molecule has 0 fully saturated rings. The first-order valence-corrected chi connectivity index (χ1v) is 4.46. The number of nitrogens with zero attached hydrogens (tertiary/aromatic N) is 1. The minimum Gasteiger partial charge on any atom is -0.481 e. The van der Waals surface area contributed by atoms with Crippen LogP contribution >= 0.6 is 11.6 Å². The molecule has 0 aromatic carbocycles. The molecule has 13 heavy (non-hydrogen) atoms. The second-order valence-electron chi connectivity index (χ2n) is 2.77. The van der Waals surface area contributed by atoms with Crippen molar-refractivity contribution in [3.05, 3.63) is 16.7 Å². The molecule has 0 aliphatic heterocycles. The Morgan fingerprint density at radius 1 is 1.69 bits per heavy atom. The van der Waals surface area contributed by atoms with Gasteiger partial charge in [-0.3, -0.25) is 4.79 Å². The molecule has 0 unspecified atom stereocenters. The maximum absolute atomic E-state index is 10.4. The van der Waals surface area contributed by atoms with E-state index >= 15 is 0 Å². The number of carboxylic acids is 1. The highest BCUT2D eigenvalue weighted by molar-refractivity contribution is 6.30. The van der Waals surface area contributed by atoms with Crippen LogP contribution in [0.3, 0.4) is 0 Å². The molecule has 0 saturated carbocycles. The zero-order valence-electron chi connectivity index (χ0n) is 7.30. The molecule has 0 amide bonds. The van der Waals surface area contributed by atoms with Gasteiger partial charge in [0.1, 0.15) is 5.82 Å².